The van der Waals surface area contributed by atoms with E-state index < -0.39 is 0 Å². The normalized spacial score (nSPS) is 26.5. The highest BCUT2D eigenvalue weighted by Gasteiger charge is 2.23. The van der Waals surface area contributed by atoms with E-state index in [4.69, 9.17) is 4.74 Å². The van der Waals surface area contributed by atoms with Crippen LogP contribution in [0.5, 0.6) is 0 Å². The van der Waals surface area contributed by atoms with Gasteiger partial charge in [0.25, 0.3) is 0 Å². The molecule has 0 bridgehead atoms. The molecule has 11 heavy (non-hydrogen) atoms. The summed E-state index contributed by atoms with van der Waals surface area (Å²) in [5.74, 6) is -0.0310. The number of likely N-dealkylation sites (N-methyl/N-ethyl adjacent to an activating group) is 2. The molecule has 0 spiro atoms. The number of carbonyl (C=O) groups excluding carboxylic acids is 1. The number of morpholine rings is 1. The zero-order valence-corrected chi connectivity index (χ0v) is 6.96. The molecule has 1 amide bonds. The molecular formula is C7H14N2O2. The van der Waals surface area contributed by atoms with Crippen molar-refractivity contribution in [3.63, 3.8) is 0 Å². The van der Waals surface area contributed by atoms with E-state index in [1.165, 1.54) is 0 Å². The van der Waals surface area contributed by atoms with Gasteiger partial charge in [0.1, 0.15) is 6.10 Å². The van der Waals surface area contributed by atoms with Gasteiger partial charge in [-0.3, -0.25) is 4.79 Å². The summed E-state index contributed by atoms with van der Waals surface area (Å²) in [6.07, 6.45) is -0.279. The van der Waals surface area contributed by atoms with Gasteiger partial charge < -0.3 is 15.0 Å². The fourth-order valence-corrected chi connectivity index (χ4v) is 1.10. The summed E-state index contributed by atoms with van der Waals surface area (Å²) >= 11 is 0. The van der Waals surface area contributed by atoms with Gasteiger partial charge in [0.05, 0.1) is 6.61 Å². The number of hydrogen-bond donors (Lipinski definition) is 1. The van der Waals surface area contributed by atoms with E-state index in [1.807, 2.05) is 7.05 Å². The minimum absolute atomic E-state index is 0.0310. The number of nitrogens with zero attached hydrogens (tertiary/aromatic N) is 1. The van der Waals surface area contributed by atoms with Gasteiger partial charge in [-0.05, 0) is 7.05 Å². The van der Waals surface area contributed by atoms with Crippen molar-refractivity contribution in [1.29, 1.82) is 0 Å². The molecule has 1 aliphatic rings. The molecule has 0 aromatic heterocycles. The molecule has 1 heterocycles. The Kier molecular flexibility index (Phi) is 2.84. The maximum absolute atomic E-state index is 11.0. The fraction of sp³-hybridized carbons (Fsp3) is 0.857. The smallest absolute Gasteiger partial charge is 0.250 e. The van der Waals surface area contributed by atoms with E-state index in [0.717, 1.165) is 6.54 Å². The number of hydrogen-bond acceptors (Lipinski definition) is 3. The van der Waals surface area contributed by atoms with Crippen LogP contribution in [-0.2, 0) is 9.53 Å². The summed E-state index contributed by atoms with van der Waals surface area (Å²) < 4.78 is 5.25. The maximum Gasteiger partial charge on any atom is 0.250 e. The second kappa shape index (κ2) is 3.69. The van der Waals surface area contributed by atoms with Crippen LogP contribution in [0.1, 0.15) is 0 Å². The monoisotopic (exact) mass is 158 g/mol. The van der Waals surface area contributed by atoms with E-state index in [2.05, 4.69) is 10.2 Å². The Bertz CT molecular complexity index is 149. The summed E-state index contributed by atoms with van der Waals surface area (Å²) in [7, 11) is 3.61. The first kappa shape index (κ1) is 8.49. The molecular weight excluding hydrogens is 144 g/mol. The van der Waals surface area contributed by atoms with E-state index in [0.29, 0.717) is 13.2 Å². The lowest BCUT2D eigenvalue weighted by Gasteiger charge is -2.28. The van der Waals surface area contributed by atoms with Crippen molar-refractivity contribution in [2.75, 3.05) is 33.8 Å². The zero-order valence-electron chi connectivity index (χ0n) is 6.96. The van der Waals surface area contributed by atoms with Crippen molar-refractivity contribution in [3.8, 4) is 0 Å². The van der Waals surface area contributed by atoms with Gasteiger partial charge in [0.15, 0.2) is 0 Å². The second-order valence-electron chi connectivity index (χ2n) is 2.74. The quantitative estimate of drug-likeness (QED) is 0.535. The Hall–Kier alpha value is -0.610. The van der Waals surface area contributed by atoms with Gasteiger partial charge in [-0.2, -0.15) is 0 Å². The van der Waals surface area contributed by atoms with Gasteiger partial charge in [-0.25, -0.2) is 0 Å². The van der Waals surface area contributed by atoms with Crippen LogP contribution in [0.2, 0.25) is 0 Å². The van der Waals surface area contributed by atoms with Crippen LogP contribution in [-0.4, -0.2) is 50.7 Å². The Balaban J connectivity index is 2.39. The lowest BCUT2D eigenvalue weighted by atomic mass is 10.3. The van der Waals surface area contributed by atoms with Gasteiger partial charge in [-0.1, -0.05) is 0 Å². The van der Waals surface area contributed by atoms with Gasteiger partial charge >= 0.3 is 0 Å². The zero-order chi connectivity index (χ0) is 8.27. The molecule has 0 aromatic carbocycles. The van der Waals surface area contributed by atoms with Crippen LogP contribution in [0.4, 0.5) is 0 Å². The molecule has 0 saturated carbocycles. The molecule has 0 unspecified atom stereocenters. The first-order valence-corrected chi connectivity index (χ1v) is 3.76. The van der Waals surface area contributed by atoms with Crippen molar-refractivity contribution in [3.05, 3.63) is 0 Å². The van der Waals surface area contributed by atoms with Crippen LogP contribution < -0.4 is 5.32 Å². The van der Waals surface area contributed by atoms with Crippen LogP contribution in [0, 0.1) is 0 Å². The molecule has 0 aliphatic carbocycles. The largest absolute Gasteiger partial charge is 0.366 e. The second-order valence-corrected chi connectivity index (χ2v) is 2.74. The van der Waals surface area contributed by atoms with Crippen molar-refractivity contribution < 1.29 is 9.53 Å². The molecule has 4 heteroatoms. The van der Waals surface area contributed by atoms with Gasteiger partial charge in [0.2, 0.25) is 5.91 Å². The SMILES string of the molecule is CNC(=O)[C@@H]1CN(C)CCO1. The Morgan fingerprint density at radius 2 is 2.45 bits per heavy atom. The topological polar surface area (TPSA) is 41.6 Å². The van der Waals surface area contributed by atoms with Crippen LogP contribution in [0.3, 0.4) is 0 Å². The summed E-state index contributed by atoms with van der Waals surface area (Å²) in [5.41, 5.74) is 0. The molecule has 1 fully saturated rings. The standard InChI is InChI=1S/C7H14N2O2/c1-8-7(10)6-5-9(2)3-4-11-6/h6H,3-5H2,1-2H3,(H,8,10)/t6-/m0/s1. The Morgan fingerprint density at radius 1 is 1.73 bits per heavy atom. The minimum Gasteiger partial charge on any atom is -0.366 e. The van der Waals surface area contributed by atoms with Gasteiger partial charge in [0, 0.05) is 20.1 Å². The third-order valence-electron chi connectivity index (χ3n) is 1.81. The molecule has 1 N–H and O–H groups in total. The fourth-order valence-electron chi connectivity index (χ4n) is 1.10. The molecule has 4 nitrogen and oxygen atoms in total. The van der Waals surface area contributed by atoms with Crippen molar-refractivity contribution in [2.24, 2.45) is 0 Å². The summed E-state index contributed by atoms with van der Waals surface area (Å²) in [5, 5.41) is 2.56. The molecule has 1 saturated heterocycles. The molecule has 1 atom stereocenters. The predicted molar refractivity (Wildman–Crippen MR) is 41.3 cm³/mol. The first-order valence-electron chi connectivity index (χ1n) is 3.76. The number of amides is 1. The molecule has 64 valence electrons. The van der Waals surface area contributed by atoms with Crippen molar-refractivity contribution >= 4 is 5.91 Å². The molecule has 1 aliphatic heterocycles. The van der Waals surface area contributed by atoms with E-state index in [9.17, 15) is 4.79 Å². The van der Waals surface area contributed by atoms with Gasteiger partial charge in [-0.15, -0.1) is 0 Å². The van der Waals surface area contributed by atoms with E-state index in [-0.39, 0.29) is 12.0 Å². The molecule has 1 rings (SSSR count). The average molecular weight is 158 g/mol. The van der Waals surface area contributed by atoms with E-state index >= 15 is 0 Å². The van der Waals surface area contributed by atoms with Crippen LogP contribution in [0.15, 0.2) is 0 Å². The maximum atomic E-state index is 11.0. The summed E-state index contributed by atoms with van der Waals surface area (Å²) in [6.45, 7) is 2.25. The first-order chi connectivity index (χ1) is 5.24. The number of ether oxygens (including phenoxy) is 1. The third kappa shape index (κ3) is 2.17. The predicted octanol–water partition coefficient (Wildman–Crippen LogP) is -0.937. The average Bonchev–Trinajstić information content (AvgIpc) is 2.03. The van der Waals surface area contributed by atoms with Crippen LogP contribution in [0.25, 0.3) is 0 Å². The lowest BCUT2D eigenvalue weighted by Crippen LogP contribution is -2.47. The highest BCUT2D eigenvalue weighted by atomic mass is 16.5. The van der Waals surface area contributed by atoms with E-state index in [1.54, 1.807) is 7.05 Å². The molecule has 0 radical (unpaired) electrons. The summed E-state index contributed by atoms with van der Waals surface area (Å²) in [6, 6.07) is 0. The molecule has 0 aromatic rings. The summed E-state index contributed by atoms with van der Waals surface area (Å²) in [4.78, 5) is 13.1. The Labute approximate surface area is 66.5 Å². The lowest BCUT2D eigenvalue weighted by molar-refractivity contribution is -0.137. The highest BCUT2D eigenvalue weighted by Crippen LogP contribution is 2.01. The van der Waals surface area contributed by atoms with Crippen molar-refractivity contribution in [2.45, 2.75) is 6.10 Å². The van der Waals surface area contributed by atoms with Crippen molar-refractivity contribution in [1.82, 2.24) is 10.2 Å². The van der Waals surface area contributed by atoms with Crippen LogP contribution >= 0.6 is 0 Å². The Morgan fingerprint density at radius 3 is 3.00 bits per heavy atom. The highest BCUT2D eigenvalue weighted by molar-refractivity contribution is 5.80. The third-order valence-corrected chi connectivity index (χ3v) is 1.81. The number of rotatable bonds is 1. The number of carbonyl (C=O) groups is 1. The number of nitrogens with one attached hydrogen (secondary N) is 1. The minimum atomic E-state index is -0.279.